The van der Waals surface area contributed by atoms with Crippen LogP contribution in [-0.4, -0.2) is 37.2 Å². The van der Waals surface area contributed by atoms with Crippen molar-refractivity contribution in [1.29, 1.82) is 0 Å². The monoisotopic (exact) mass is 736 g/mol. The molecule has 0 saturated heterocycles. The van der Waals surface area contributed by atoms with Crippen LogP contribution >= 0.6 is 8.60 Å². The number of hydrogen-bond acceptors (Lipinski definition) is 9. The van der Waals surface area contributed by atoms with Crippen molar-refractivity contribution in [2.24, 2.45) is 0 Å². The Balaban J connectivity index is 2.13. The number of rotatable bonds is 18. The summed E-state index contributed by atoms with van der Waals surface area (Å²) in [5.74, 6) is 3.33. The Hall–Kier alpha value is -4.10. The second-order valence-corrected chi connectivity index (χ2v) is 16.8. The molecule has 0 N–H and O–H groups in total. The lowest BCUT2D eigenvalue weighted by Gasteiger charge is -2.29. The molecular weight excluding hydrogens is 679 g/mol. The van der Waals surface area contributed by atoms with Gasteiger partial charge in [-0.05, 0) is 70.8 Å². The van der Waals surface area contributed by atoms with Gasteiger partial charge < -0.3 is 27.8 Å². The van der Waals surface area contributed by atoms with E-state index in [0.717, 1.165) is 16.7 Å². The van der Waals surface area contributed by atoms with Crippen LogP contribution in [0.1, 0.15) is 119 Å². The minimum Gasteiger partial charge on any atom is -0.486 e. The molecule has 0 unspecified atom stereocenters. The van der Waals surface area contributed by atoms with Gasteiger partial charge in [0.2, 0.25) is 0 Å². The van der Waals surface area contributed by atoms with E-state index < -0.39 is 8.60 Å². The summed E-state index contributed by atoms with van der Waals surface area (Å²) in [6.45, 7) is 24.0. The third-order valence-electron chi connectivity index (χ3n) is 8.18. The van der Waals surface area contributed by atoms with Crippen LogP contribution in [0.15, 0.2) is 54.6 Å². The third-order valence-corrected chi connectivity index (χ3v) is 9.22. The van der Waals surface area contributed by atoms with Gasteiger partial charge in [0.25, 0.3) is 0 Å². The molecule has 0 radical (unpaired) electrons. The van der Waals surface area contributed by atoms with Gasteiger partial charge in [-0.1, -0.05) is 83.1 Å². The molecule has 0 aliphatic carbocycles. The van der Waals surface area contributed by atoms with Crippen molar-refractivity contribution in [3.05, 3.63) is 71.3 Å². The maximum atomic E-state index is 12.0. The lowest BCUT2D eigenvalue weighted by Crippen LogP contribution is -2.18. The van der Waals surface area contributed by atoms with E-state index in [9.17, 15) is 14.4 Å². The van der Waals surface area contributed by atoms with Crippen molar-refractivity contribution >= 4 is 26.0 Å². The van der Waals surface area contributed by atoms with Crippen molar-refractivity contribution < 1.29 is 42.2 Å². The van der Waals surface area contributed by atoms with Gasteiger partial charge in [-0.3, -0.25) is 14.4 Å². The van der Waals surface area contributed by atoms with Gasteiger partial charge in [0, 0.05) is 36.0 Å². The number of ketones is 3. The first-order chi connectivity index (χ1) is 24.2. The topological polar surface area (TPSA) is 107 Å². The highest BCUT2D eigenvalue weighted by molar-refractivity contribution is 7.43. The van der Waals surface area contributed by atoms with Crippen LogP contribution in [0.5, 0.6) is 34.5 Å². The molecule has 0 bridgehead atoms. The zero-order valence-electron chi connectivity index (χ0n) is 33.1. The van der Waals surface area contributed by atoms with E-state index in [0.29, 0.717) is 53.8 Å². The summed E-state index contributed by atoms with van der Waals surface area (Å²) in [4.78, 5) is 36.0. The summed E-state index contributed by atoms with van der Waals surface area (Å²) in [6.07, 6.45) is 1.19. The lowest BCUT2D eigenvalue weighted by atomic mass is 9.86. The minimum atomic E-state index is -2.16. The molecule has 3 rings (SSSR count). The van der Waals surface area contributed by atoms with Crippen molar-refractivity contribution in [3.63, 3.8) is 0 Å². The van der Waals surface area contributed by atoms with E-state index in [1.54, 1.807) is 18.2 Å². The Kier molecular flexibility index (Phi) is 14.7. The fraction of sp³-hybridized carbons (Fsp3) is 0.500. The van der Waals surface area contributed by atoms with Gasteiger partial charge >= 0.3 is 8.60 Å². The first-order valence-electron chi connectivity index (χ1n) is 18.0. The molecule has 10 heteroatoms. The summed E-state index contributed by atoms with van der Waals surface area (Å²) in [6, 6.07) is 16.4. The zero-order valence-corrected chi connectivity index (χ0v) is 34.0. The maximum Gasteiger partial charge on any atom is 0.530 e. The molecule has 52 heavy (non-hydrogen) atoms. The number of carbonyl (C=O) groups excluding carboxylic acids is 3. The minimum absolute atomic E-state index is 0.00836. The largest absolute Gasteiger partial charge is 0.530 e. The summed E-state index contributed by atoms with van der Waals surface area (Å²) >= 11 is 0. The molecule has 0 amide bonds. The van der Waals surface area contributed by atoms with Crippen LogP contribution in [0.3, 0.4) is 0 Å². The van der Waals surface area contributed by atoms with Crippen molar-refractivity contribution in [2.45, 2.75) is 119 Å². The summed E-state index contributed by atoms with van der Waals surface area (Å²) in [5, 5.41) is 0. The van der Waals surface area contributed by atoms with E-state index in [1.165, 1.54) is 0 Å². The fourth-order valence-corrected chi connectivity index (χ4v) is 5.96. The number of benzene rings is 3. The molecule has 284 valence electrons. The second-order valence-electron chi connectivity index (χ2n) is 15.8. The van der Waals surface area contributed by atoms with Crippen molar-refractivity contribution in [3.8, 4) is 34.5 Å². The maximum absolute atomic E-state index is 12.0. The van der Waals surface area contributed by atoms with Gasteiger partial charge in [-0.15, -0.1) is 0 Å². The molecule has 0 saturated carbocycles. The third kappa shape index (κ3) is 12.5. The SMILES string of the molecule is CCC(=O)COc1ccc(OP(Oc2ccc(OCC(=O)CC)cc2C(C)(C)C)Oc2ccc(OCC(=O)CC)cc2C(C)(C)C)c(C(C)(C)C)c1. The van der Waals surface area contributed by atoms with Crippen LogP contribution in [0.2, 0.25) is 0 Å². The first kappa shape index (κ1) is 42.3. The standard InChI is InChI=1S/C42H57O9P/c1-13-28(43)25-46-31-16-19-37(34(22-31)40(4,5)6)49-52(50-38-20-17-32(47-26-29(44)14-2)23-35(38)41(7,8)9)51-39-21-18-33(48-27-30(45)15-3)24-36(39)42(10,11)12/h16-24H,13-15,25-27H2,1-12H3. The fourth-order valence-electron chi connectivity index (χ4n) is 4.89. The van der Waals surface area contributed by atoms with Gasteiger partial charge in [-0.2, -0.15) is 0 Å². The molecule has 0 aliphatic heterocycles. The Labute approximate surface area is 311 Å². The number of Topliss-reactive ketones (excluding diaryl/α,β-unsaturated/α-hetero) is 3. The highest BCUT2D eigenvalue weighted by atomic mass is 31.2. The highest BCUT2D eigenvalue weighted by Crippen LogP contribution is 2.50. The molecule has 3 aromatic rings. The first-order valence-corrected chi connectivity index (χ1v) is 19.1. The van der Waals surface area contributed by atoms with Crippen LogP contribution in [-0.2, 0) is 30.6 Å². The van der Waals surface area contributed by atoms with Crippen LogP contribution < -0.4 is 27.8 Å². The normalized spacial score (nSPS) is 11.9. The van der Waals surface area contributed by atoms with Gasteiger partial charge in [-0.25, -0.2) is 0 Å². The Morgan fingerprint density at radius 3 is 0.923 bits per heavy atom. The molecular formula is C42H57O9P. The Morgan fingerprint density at radius 1 is 0.462 bits per heavy atom. The number of hydrogen-bond donors (Lipinski definition) is 0. The second kappa shape index (κ2) is 18.1. The van der Waals surface area contributed by atoms with Crippen LogP contribution in [0.4, 0.5) is 0 Å². The van der Waals surface area contributed by atoms with E-state index in [2.05, 4.69) is 62.3 Å². The van der Waals surface area contributed by atoms with Crippen LogP contribution in [0, 0.1) is 0 Å². The molecule has 3 aromatic carbocycles. The average Bonchev–Trinajstić information content (AvgIpc) is 3.08. The van der Waals surface area contributed by atoms with Crippen LogP contribution in [0.25, 0.3) is 0 Å². The molecule has 0 aliphatic rings. The van der Waals surface area contributed by atoms with Gasteiger partial charge in [0.05, 0.1) is 0 Å². The van der Waals surface area contributed by atoms with Gasteiger partial charge in [0.15, 0.2) is 17.3 Å². The van der Waals surface area contributed by atoms with E-state index >= 15 is 0 Å². The molecule has 0 fully saturated rings. The van der Waals surface area contributed by atoms with Crippen molar-refractivity contribution in [2.75, 3.05) is 19.8 Å². The number of ether oxygens (including phenoxy) is 3. The Morgan fingerprint density at radius 2 is 0.712 bits per heavy atom. The quantitative estimate of drug-likeness (QED) is 0.118. The zero-order chi connectivity index (χ0) is 38.9. The summed E-state index contributed by atoms with van der Waals surface area (Å²) in [5.41, 5.74) is 1.41. The predicted octanol–water partition coefficient (Wildman–Crippen LogP) is 10.4. The smallest absolute Gasteiger partial charge is 0.486 e. The van der Waals surface area contributed by atoms with Crippen molar-refractivity contribution in [1.82, 2.24) is 0 Å². The van der Waals surface area contributed by atoms with E-state index in [1.807, 2.05) is 57.2 Å². The lowest BCUT2D eigenvalue weighted by molar-refractivity contribution is -0.121. The average molecular weight is 737 g/mol. The molecule has 0 heterocycles. The Bertz CT molecular complexity index is 1490. The summed E-state index contributed by atoms with van der Waals surface area (Å²) < 4.78 is 37.6. The molecule has 9 nitrogen and oxygen atoms in total. The predicted molar refractivity (Wildman–Crippen MR) is 207 cm³/mol. The highest BCUT2D eigenvalue weighted by Gasteiger charge is 2.31. The molecule has 0 spiro atoms. The molecule has 0 aromatic heterocycles. The van der Waals surface area contributed by atoms with E-state index in [4.69, 9.17) is 27.8 Å². The molecule has 0 atom stereocenters. The van der Waals surface area contributed by atoms with Gasteiger partial charge in [0.1, 0.15) is 54.3 Å². The summed E-state index contributed by atoms with van der Waals surface area (Å²) in [7, 11) is -2.16. The van der Waals surface area contributed by atoms with E-state index in [-0.39, 0.29) is 53.4 Å². The number of carbonyl (C=O) groups is 3.